The molecule has 7 heteroatoms. The number of ether oxygens (including phenoxy) is 1. The fourth-order valence-corrected chi connectivity index (χ4v) is 3.12. The largest absolute Gasteiger partial charge is 0.438 e. The fraction of sp³-hybridized carbons (Fsp3) is 0.800. The van der Waals surface area contributed by atoms with Crippen molar-refractivity contribution in [1.29, 1.82) is 0 Å². The van der Waals surface area contributed by atoms with Gasteiger partial charge in [0.15, 0.2) is 5.82 Å². The molecule has 0 unspecified atom stereocenters. The van der Waals surface area contributed by atoms with Gasteiger partial charge in [0, 0.05) is 33.1 Å². The predicted octanol–water partition coefficient (Wildman–Crippen LogP) is 1.40. The van der Waals surface area contributed by atoms with Crippen LogP contribution in [0.15, 0.2) is 9.32 Å². The molecule has 1 saturated carbocycles. The van der Waals surface area contributed by atoms with Crippen molar-refractivity contribution < 1.29 is 14.1 Å². The molecular formula is C15H25N3O4. The Morgan fingerprint density at radius 2 is 2.23 bits per heavy atom. The van der Waals surface area contributed by atoms with Crippen LogP contribution in [0.25, 0.3) is 0 Å². The molecule has 1 amide bonds. The lowest BCUT2D eigenvalue weighted by atomic mass is 9.83. The van der Waals surface area contributed by atoms with E-state index in [1.165, 1.54) is 12.8 Å². The van der Waals surface area contributed by atoms with Crippen LogP contribution in [-0.2, 0) is 16.0 Å². The number of H-pyrrole nitrogens is 1. The third-order valence-electron chi connectivity index (χ3n) is 4.46. The molecule has 124 valence electrons. The highest BCUT2D eigenvalue weighted by atomic mass is 16.5. The van der Waals surface area contributed by atoms with Crippen LogP contribution in [-0.4, -0.2) is 36.3 Å². The lowest BCUT2D eigenvalue weighted by molar-refractivity contribution is -0.121. The summed E-state index contributed by atoms with van der Waals surface area (Å²) in [4.78, 5) is 25.2. The molecule has 0 aromatic carbocycles. The molecular weight excluding hydrogens is 286 g/mol. The first-order chi connectivity index (χ1) is 10.6. The van der Waals surface area contributed by atoms with E-state index < -0.39 is 5.76 Å². The zero-order valence-electron chi connectivity index (χ0n) is 13.2. The molecule has 2 rings (SSSR count). The van der Waals surface area contributed by atoms with Crippen molar-refractivity contribution in [2.75, 3.05) is 20.3 Å². The van der Waals surface area contributed by atoms with Crippen LogP contribution in [0, 0.1) is 5.41 Å². The number of carbonyl (C=O) groups excluding carboxylic acids is 1. The highest BCUT2D eigenvalue weighted by Crippen LogP contribution is 2.40. The number of carbonyl (C=O) groups is 1. The molecule has 0 bridgehead atoms. The minimum Gasteiger partial charge on any atom is -0.385 e. The molecule has 0 radical (unpaired) electrons. The summed E-state index contributed by atoms with van der Waals surface area (Å²) in [5, 5.41) is 6.63. The molecule has 7 nitrogen and oxygen atoms in total. The average molecular weight is 311 g/mol. The number of aromatic nitrogens is 2. The van der Waals surface area contributed by atoms with Crippen molar-refractivity contribution in [2.45, 2.75) is 51.4 Å². The number of rotatable bonds is 9. The summed E-state index contributed by atoms with van der Waals surface area (Å²) >= 11 is 0. The molecule has 1 aliphatic carbocycles. The number of aryl methyl sites for hydroxylation is 1. The fourth-order valence-electron chi connectivity index (χ4n) is 3.12. The topological polar surface area (TPSA) is 97.2 Å². The van der Waals surface area contributed by atoms with Crippen molar-refractivity contribution in [2.24, 2.45) is 5.41 Å². The summed E-state index contributed by atoms with van der Waals surface area (Å²) in [6, 6.07) is 0. The molecule has 0 atom stereocenters. The first-order valence-electron chi connectivity index (χ1n) is 7.94. The van der Waals surface area contributed by atoms with Crippen molar-refractivity contribution in [3.05, 3.63) is 16.4 Å². The number of nitrogens with one attached hydrogen (secondary N) is 2. The van der Waals surface area contributed by atoms with Gasteiger partial charge in [0.2, 0.25) is 5.91 Å². The number of aromatic amines is 1. The second-order valence-electron chi connectivity index (χ2n) is 6.12. The Balaban J connectivity index is 1.68. The van der Waals surface area contributed by atoms with Gasteiger partial charge in [-0.25, -0.2) is 4.79 Å². The van der Waals surface area contributed by atoms with Crippen LogP contribution in [0.3, 0.4) is 0 Å². The Morgan fingerprint density at radius 3 is 2.86 bits per heavy atom. The summed E-state index contributed by atoms with van der Waals surface area (Å²) in [6.07, 6.45) is 7.40. The highest BCUT2D eigenvalue weighted by Gasteiger charge is 2.33. The third kappa shape index (κ3) is 4.98. The Bertz CT molecular complexity index is 517. The molecule has 1 aromatic heterocycles. The molecule has 22 heavy (non-hydrogen) atoms. The number of hydrogen-bond donors (Lipinski definition) is 2. The van der Waals surface area contributed by atoms with Gasteiger partial charge in [0.05, 0.1) is 0 Å². The quantitative estimate of drug-likeness (QED) is 0.718. The van der Waals surface area contributed by atoms with Crippen molar-refractivity contribution >= 4 is 5.91 Å². The molecule has 1 fully saturated rings. The van der Waals surface area contributed by atoms with Gasteiger partial charge < -0.3 is 10.1 Å². The van der Waals surface area contributed by atoms with E-state index in [-0.39, 0.29) is 11.3 Å². The van der Waals surface area contributed by atoms with E-state index in [9.17, 15) is 9.59 Å². The van der Waals surface area contributed by atoms with Crippen molar-refractivity contribution in [3.8, 4) is 0 Å². The number of nitrogens with zero attached hydrogens (tertiary/aromatic N) is 1. The minimum absolute atomic E-state index is 0.0505. The second-order valence-corrected chi connectivity index (χ2v) is 6.12. The molecule has 0 saturated heterocycles. The normalized spacial score (nSPS) is 16.8. The Labute approximate surface area is 129 Å². The second kappa shape index (κ2) is 8.12. The zero-order chi connectivity index (χ0) is 15.8. The molecule has 2 N–H and O–H groups in total. The van der Waals surface area contributed by atoms with E-state index >= 15 is 0 Å². The average Bonchev–Trinajstić information content (AvgIpc) is 3.13. The Morgan fingerprint density at radius 1 is 1.45 bits per heavy atom. The lowest BCUT2D eigenvalue weighted by Crippen LogP contribution is -2.36. The summed E-state index contributed by atoms with van der Waals surface area (Å²) in [7, 11) is 1.72. The maximum atomic E-state index is 12.0. The van der Waals surface area contributed by atoms with Gasteiger partial charge in [-0.2, -0.15) is 0 Å². The van der Waals surface area contributed by atoms with E-state index in [2.05, 4.69) is 20.0 Å². The van der Waals surface area contributed by atoms with Crippen molar-refractivity contribution in [3.63, 3.8) is 0 Å². The SMILES string of the molecule is COCCC1(CNC(=O)CCCc2noc(=O)[nH]2)CCCC1. The monoisotopic (exact) mass is 311 g/mol. The van der Waals surface area contributed by atoms with Crippen molar-refractivity contribution in [1.82, 2.24) is 15.5 Å². The summed E-state index contributed by atoms with van der Waals surface area (Å²) in [5.74, 6) is -0.0135. The van der Waals surface area contributed by atoms with Crippen LogP contribution < -0.4 is 11.1 Å². The van der Waals surface area contributed by atoms with Crippen LogP contribution >= 0.6 is 0 Å². The number of methoxy groups -OCH3 is 1. The van der Waals surface area contributed by atoms with Crippen LogP contribution in [0.2, 0.25) is 0 Å². The highest BCUT2D eigenvalue weighted by molar-refractivity contribution is 5.75. The third-order valence-corrected chi connectivity index (χ3v) is 4.46. The van der Waals surface area contributed by atoms with Gasteiger partial charge in [-0.15, -0.1) is 0 Å². The van der Waals surface area contributed by atoms with E-state index in [4.69, 9.17) is 4.74 Å². The standard InChI is InChI=1S/C15H25N3O4/c1-21-10-9-15(7-2-3-8-15)11-16-13(19)6-4-5-12-17-14(20)22-18-12/h2-11H2,1H3,(H,16,19)(H,17,18,20). The Hall–Kier alpha value is -1.63. The first kappa shape index (κ1) is 16.7. The van der Waals surface area contributed by atoms with Crippen LogP contribution in [0.4, 0.5) is 0 Å². The predicted molar refractivity (Wildman–Crippen MR) is 80.5 cm³/mol. The number of amides is 1. The molecule has 1 aliphatic rings. The smallest absolute Gasteiger partial charge is 0.385 e. The van der Waals surface area contributed by atoms with E-state index in [0.29, 0.717) is 25.1 Å². The van der Waals surface area contributed by atoms with Gasteiger partial charge in [-0.05, 0) is 31.1 Å². The number of hydrogen-bond acceptors (Lipinski definition) is 5. The van der Waals surface area contributed by atoms with E-state index in [0.717, 1.165) is 32.4 Å². The van der Waals surface area contributed by atoms with Gasteiger partial charge in [-0.1, -0.05) is 18.0 Å². The zero-order valence-corrected chi connectivity index (χ0v) is 13.2. The maximum Gasteiger partial charge on any atom is 0.438 e. The van der Waals surface area contributed by atoms with E-state index in [1.807, 2.05) is 0 Å². The molecule has 1 aromatic rings. The summed E-state index contributed by atoms with van der Waals surface area (Å²) in [6.45, 7) is 1.48. The molecule has 1 heterocycles. The van der Waals surface area contributed by atoms with Gasteiger partial charge in [0.25, 0.3) is 0 Å². The lowest BCUT2D eigenvalue weighted by Gasteiger charge is -2.29. The Kier molecular flexibility index (Phi) is 6.18. The van der Waals surface area contributed by atoms with Gasteiger partial charge >= 0.3 is 5.76 Å². The van der Waals surface area contributed by atoms with Crippen LogP contribution in [0.5, 0.6) is 0 Å². The first-order valence-corrected chi connectivity index (χ1v) is 7.94. The van der Waals surface area contributed by atoms with Crippen LogP contribution in [0.1, 0.15) is 50.8 Å². The summed E-state index contributed by atoms with van der Waals surface area (Å²) in [5.41, 5.74) is 0.211. The molecule has 0 aliphatic heterocycles. The van der Waals surface area contributed by atoms with Gasteiger partial charge in [-0.3, -0.25) is 14.3 Å². The maximum absolute atomic E-state index is 12.0. The minimum atomic E-state index is -0.555. The van der Waals surface area contributed by atoms with Gasteiger partial charge in [0.1, 0.15) is 0 Å². The summed E-state index contributed by atoms with van der Waals surface area (Å²) < 4.78 is 9.61. The molecule has 0 spiro atoms. The van der Waals surface area contributed by atoms with E-state index in [1.54, 1.807) is 7.11 Å².